The number of carboxylic acid groups (broad SMARTS) is 1. The summed E-state index contributed by atoms with van der Waals surface area (Å²) in [4.78, 5) is 27.1. The van der Waals surface area contributed by atoms with Crippen molar-refractivity contribution in [2.24, 2.45) is 5.73 Å². The minimum Gasteiger partial charge on any atom is -0.479 e. The molecule has 30 heavy (non-hydrogen) atoms. The number of carbonyl (C=O) groups is 2. The van der Waals surface area contributed by atoms with Crippen molar-refractivity contribution in [1.29, 1.82) is 0 Å². The maximum absolute atomic E-state index is 11.6. The van der Waals surface area contributed by atoms with Crippen LogP contribution in [-0.2, 0) is 20.7 Å². The summed E-state index contributed by atoms with van der Waals surface area (Å²) in [6.45, 7) is 7.49. The molecule has 0 radical (unpaired) electrons. The topological polar surface area (TPSA) is 129 Å². The van der Waals surface area contributed by atoms with Gasteiger partial charge in [0.15, 0.2) is 23.4 Å². The Morgan fingerprint density at radius 1 is 1.23 bits per heavy atom. The van der Waals surface area contributed by atoms with E-state index in [1.807, 2.05) is 19.9 Å². The second-order valence-electron chi connectivity index (χ2n) is 7.14. The molecule has 1 atom stereocenters. The molecule has 1 fully saturated rings. The quantitative estimate of drug-likeness (QED) is 0.601. The SMILES string of the molecule is CC.Cc1nc(C)c(C(OC2(C(=O)O)CC2)c2cc3cc(CC(N)=O)ccc3o2)o1. The van der Waals surface area contributed by atoms with Crippen LogP contribution in [0.2, 0.25) is 0 Å². The van der Waals surface area contributed by atoms with E-state index in [-0.39, 0.29) is 6.42 Å². The molecule has 160 valence electrons. The van der Waals surface area contributed by atoms with Crippen molar-refractivity contribution in [2.45, 2.75) is 58.7 Å². The van der Waals surface area contributed by atoms with Gasteiger partial charge in [0.1, 0.15) is 11.3 Å². The lowest BCUT2D eigenvalue weighted by molar-refractivity contribution is -0.158. The van der Waals surface area contributed by atoms with Crippen LogP contribution < -0.4 is 5.73 Å². The number of hydrogen-bond donors (Lipinski definition) is 2. The molecule has 0 bridgehead atoms. The molecule has 0 aliphatic heterocycles. The van der Waals surface area contributed by atoms with Gasteiger partial charge in [-0.15, -0.1) is 0 Å². The number of nitrogens with two attached hydrogens (primary N) is 1. The number of fused-ring (bicyclic) bond motifs is 1. The molecule has 2 aromatic heterocycles. The fourth-order valence-electron chi connectivity index (χ4n) is 3.31. The molecule has 1 amide bonds. The maximum Gasteiger partial charge on any atom is 0.336 e. The van der Waals surface area contributed by atoms with Crippen molar-refractivity contribution in [3.63, 3.8) is 0 Å². The molecular weight excluding hydrogens is 388 g/mol. The number of nitrogens with zero attached hydrogens (tertiary/aromatic N) is 1. The first-order chi connectivity index (χ1) is 14.3. The predicted octanol–water partition coefficient (Wildman–Crippen LogP) is 3.81. The first-order valence-corrected chi connectivity index (χ1v) is 9.93. The van der Waals surface area contributed by atoms with Crippen molar-refractivity contribution >= 4 is 22.8 Å². The van der Waals surface area contributed by atoms with E-state index in [2.05, 4.69) is 4.98 Å². The number of carbonyl (C=O) groups excluding carboxylic acids is 1. The average Bonchev–Trinajstić information content (AvgIpc) is 3.25. The number of carboxylic acids is 1. The van der Waals surface area contributed by atoms with E-state index in [4.69, 9.17) is 19.3 Å². The van der Waals surface area contributed by atoms with Gasteiger partial charge in [0.25, 0.3) is 0 Å². The van der Waals surface area contributed by atoms with Crippen LogP contribution in [0.25, 0.3) is 11.0 Å². The Morgan fingerprint density at radius 2 is 1.93 bits per heavy atom. The molecular formula is C22H26N2O6. The van der Waals surface area contributed by atoms with E-state index in [9.17, 15) is 14.7 Å². The highest BCUT2D eigenvalue weighted by Crippen LogP contribution is 2.46. The third-order valence-electron chi connectivity index (χ3n) is 4.85. The summed E-state index contributed by atoms with van der Waals surface area (Å²) < 4.78 is 17.6. The van der Waals surface area contributed by atoms with Crippen LogP contribution >= 0.6 is 0 Å². The van der Waals surface area contributed by atoms with E-state index in [1.54, 1.807) is 32.0 Å². The lowest BCUT2D eigenvalue weighted by atomic mass is 10.1. The Morgan fingerprint density at radius 3 is 2.47 bits per heavy atom. The summed E-state index contributed by atoms with van der Waals surface area (Å²) >= 11 is 0. The summed E-state index contributed by atoms with van der Waals surface area (Å²) in [7, 11) is 0. The number of aliphatic carboxylic acids is 1. The Kier molecular flexibility index (Phi) is 5.98. The van der Waals surface area contributed by atoms with E-state index in [0.717, 1.165) is 10.9 Å². The second-order valence-corrected chi connectivity index (χ2v) is 7.14. The number of amides is 1. The van der Waals surface area contributed by atoms with Crippen LogP contribution in [0.4, 0.5) is 0 Å². The first kappa shape index (κ1) is 21.6. The van der Waals surface area contributed by atoms with Gasteiger partial charge in [-0.3, -0.25) is 4.79 Å². The van der Waals surface area contributed by atoms with Gasteiger partial charge in [0, 0.05) is 12.3 Å². The summed E-state index contributed by atoms with van der Waals surface area (Å²) in [5.74, 6) is -0.138. The molecule has 1 saturated carbocycles. The van der Waals surface area contributed by atoms with E-state index >= 15 is 0 Å². The number of furan rings is 1. The summed E-state index contributed by atoms with van der Waals surface area (Å²) in [5.41, 5.74) is 5.99. The Balaban J connectivity index is 0.00000124. The van der Waals surface area contributed by atoms with Gasteiger partial charge in [-0.1, -0.05) is 19.9 Å². The fraction of sp³-hybridized carbons (Fsp3) is 0.409. The predicted molar refractivity (Wildman–Crippen MR) is 109 cm³/mol. The smallest absolute Gasteiger partial charge is 0.336 e. The standard InChI is InChI=1S/C20H20N2O6.C2H6/c1-10-17(26-11(2)22-10)18(28-20(5-6-20)19(24)25)15-9-13-7-12(8-16(21)23)3-4-14(13)27-15;1-2/h3-4,7,9,18H,5-6,8H2,1-2H3,(H2,21,23)(H,24,25);1-2H3. The monoisotopic (exact) mass is 414 g/mol. The first-order valence-electron chi connectivity index (χ1n) is 9.93. The van der Waals surface area contributed by atoms with Gasteiger partial charge >= 0.3 is 5.97 Å². The summed E-state index contributed by atoms with van der Waals surface area (Å²) in [6, 6.07) is 7.09. The summed E-state index contributed by atoms with van der Waals surface area (Å²) in [5, 5.41) is 10.3. The lowest BCUT2D eigenvalue weighted by Crippen LogP contribution is -2.28. The number of aryl methyl sites for hydroxylation is 2. The minimum atomic E-state index is -1.24. The zero-order valence-corrected chi connectivity index (χ0v) is 17.5. The highest BCUT2D eigenvalue weighted by molar-refractivity contribution is 5.83. The van der Waals surface area contributed by atoms with E-state index in [0.29, 0.717) is 41.5 Å². The highest BCUT2D eigenvalue weighted by atomic mass is 16.6. The lowest BCUT2D eigenvalue weighted by Gasteiger charge is -2.19. The molecule has 1 unspecified atom stereocenters. The number of rotatable bonds is 7. The number of primary amides is 1. The number of benzene rings is 1. The van der Waals surface area contributed by atoms with Crippen LogP contribution in [0.3, 0.4) is 0 Å². The largest absolute Gasteiger partial charge is 0.479 e. The highest BCUT2D eigenvalue weighted by Gasteiger charge is 2.54. The van der Waals surface area contributed by atoms with E-state index in [1.165, 1.54) is 0 Å². The van der Waals surface area contributed by atoms with Gasteiger partial charge in [0.2, 0.25) is 5.91 Å². The maximum atomic E-state index is 11.6. The molecule has 4 rings (SSSR count). The van der Waals surface area contributed by atoms with Crippen molar-refractivity contribution in [3.8, 4) is 0 Å². The van der Waals surface area contributed by atoms with Crippen LogP contribution in [0, 0.1) is 13.8 Å². The zero-order chi connectivity index (χ0) is 22.1. The van der Waals surface area contributed by atoms with Crippen molar-refractivity contribution in [3.05, 3.63) is 52.9 Å². The van der Waals surface area contributed by atoms with Gasteiger partial charge in [-0.2, -0.15) is 0 Å². The molecule has 0 saturated heterocycles. The molecule has 2 heterocycles. The van der Waals surface area contributed by atoms with Crippen molar-refractivity contribution in [1.82, 2.24) is 4.98 Å². The third-order valence-corrected chi connectivity index (χ3v) is 4.85. The molecule has 1 aliphatic carbocycles. The van der Waals surface area contributed by atoms with Crippen LogP contribution in [0.5, 0.6) is 0 Å². The fourth-order valence-corrected chi connectivity index (χ4v) is 3.31. The number of aromatic nitrogens is 1. The molecule has 8 heteroatoms. The number of ether oxygens (including phenoxy) is 1. The van der Waals surface area contributed by atoms with Gasteiger partial charge < -0.3 is 24.4 Å². The third kappa shape index (κ3) is 4.23. The molecule has 1 aliphatic rings. The molecule has 0 spiro atoms. The minimum absolute atomic E-state index is 0.124. The zero-order valence-electron chi connectivity index (χ0n) is 17.5. The number of oxazole rings is 1. The normalized spacial score (nSPS) is 15.3. The number of hydrogen-bond acceptors (Lipinski definition) is 6. The van der Waals surface area contributed by atoms with Crippen LogP contribution in [-0.4, -0.2) is 27.6 Å². The Hall–Kier alpha value is -3.13. The van der Waals surface area contributed by atoms with Crippen molar-refractivity contribution in [2.75, 3.05) is 0 Å². The van der Waals surface area contributed by atoms with Crippen LogP contribution in [0.1, 0.15) is 61.5 Å². The van der Waals surface area contributed by atoms with Gasteiger partial charge in [-0.25, -0.2) is 9.78 Å². The Bertz CT molecular complexity index is 1080. The van der Waals surface area contributed by atoms with Crippen molar-refractivity contribution < 1.29 is 28.3 Å². The molecule has 1 aromatic carbocycles. The molecule has 3 aromatic rings. The van der Waals surface area contributed by atoms with Crippen LogP contribution in [0.15, 0.2) is 33.1 Å². The second kappa shape index (κ2) is 8.31. The Labute approximate surface area is 174 Å². The van der Waals surface area contributed by atoms with Gasteiger partial charge in [-0.05, 0) is 43.5 Å². The average molecular weight is 414 g/mol. The summed E-state index contributed by atoms with van der Waals surface area (Å²) in [6.07, 6.45) is 0.132. The molecule has 3 N–H and O–H groups in total. The van der Waals surface area contributed by atoms with Gasteiger partial charge in [0.05, 0.1) is 12.1 Å². The van der Waals surface area contributed by atoms with E-state index < -0.39 is 23.6 Å². The molecule has 8 nitrogen and oxygen atoms in total.